The lowest BCUT2D eigenvalue weighted by atomic mass is 9.99. The topological polar surface area (TPSA) is 383 Å². The number of benzene rings is 5. The number of amides is 2. The van der Waals surface area contributed by atoms with E-state index in [2.05, 4.69) is 20.0 Å². The Balaban J connectivity index is 0.742. The Hall–Kier alpha value is -10.0. The van der Waals surface area contributed by atoms with E-state index in [1.54, 1.807) is 71.3 Å². The minimum Gasteiger partial charge on any atom is -0.493 e. The summed E-state index contributed by atoms with van der Waals surface area (Å²) in [5.41, 5.74) is 16.9. The molecule has 7 atom stereocenters. The Kier molecular flexibility index (Phi) is 23.4. The minimum absolute atomic E-state index is 0.00995. The maximum atomic E-state index is 14.2. The highest BCUT2D eigenvalue weighted by Crippen LogP contribution is 2.42. The molecular weight excluding hydrogens is 1380 g/mol. The first-order valence-electron chi connectivity index (χ1n) is 34.0. The van der Waals surface area contributed by atoms with Crippen LogP contribution in [-0.4, -0.2) is 216 Å². The number of quaternary nitrogens is 1. The number of rotatable bonds is 33. The third-order valence-electron chi connectivity index (χ3n) is 18.5. The molecule has 1 saturated heterocycles. The maximum Gasteiger partial charge on any atom is 0.501 e. The van der Waals surface area contributed by atoms with Crippen LogP contribution in [0.2, 0.25) is 0 Å². The Morgan fingerprint density at radius 3 is 1.74 bits per heavy atom. The largest absolute Gasteiger partial charge is 0.501 e. The van der Waals surface area contributed by atoms with Crippen LogP contribution in [0.1, 0.15) is 88.9 Å². The van der Waals surface area contributed by atoms with Crippen molar-refractivity contribution in [3.8, 4) is 40.2 Å². The lowest BCUT2D eigenvalue weighted by molar-refractivity contribution is -0.916. The summed E-state index contributed by atoms with van der Waals surface area (Å²) in [6.07, 6.45) is -0.0840. The van der Waals surface area contributed by atoms with Gasteiger partial charge in [-0.2, -0.15) is 0 Å². The molecule has 7 heterocycles. The van der Waals surface area contributed by atoms with Crippen LogP contribution >= 0.6 is 0 Å². The number of aryl methyl sites for hydroxylation is 2. The van der Waals surface area contributed by atoms with Crippen molar-refractivity contribution in [2.24, 2.45) is 29.2 Å². The van der Waals surface area contributed by atoms with Crippen molar-refractivity contribution in [2.75, 3.05) is 81.1 Å². The molecule has 0 bridgehead atoms. The third kappa shape index (κ3) is 17.7. The molecule has 7 aromatic rings. The van der Waals surface area contributed by atoms with Crippen LogP contribution in [0.4, 0.5) is 11.4 Å². The van der Waals surface area contributed by atoms with Crippen LogP contribution in [0, 0.1) is 0 Å². The molecule has 2 amide bonds. The monoisotopic (exact) mass is 1470 g/mol. The van der Waals surface area contributed by atoms with Gasteiger partial charge in [-0.15, -0.1) is 8.42 Å². The first-order chi connectivity index (χ1) is 50.6. The van der Waals surface area contributed by atoms with Crippen molar-refractivity contribution >= 4 is 51.8 Å². The maximum absolute atomic E-state index is 14.2. The number of hydrogen-bond acceptors (Lipinski definition) is 25. The second-order valence-electron chi connectivity index (χ2n) is 26.5. The first-order valence-corrected chi connectivity index (χ1v) is 35.3. The predicted molar refractivity (Wildman–Crippen MR) is 376 cm³/mol. The molecule has 1 unspecified atom stereocenters. The van der Waals surface area contributed by atoms with Gasteiger partial charge in [-0.3, -0.25) is 24.4 Å². The quantitative estimate of drug-likeness (QED) is 0.00932. The average Bonchev–Trinajstić information content (AvgIpc) is 1.64. The number of aliphatic hydroxyl groups excluding tert-OH is 4. The number of azide groups is 1. The molecule has 5 aliphatic heterocycles. The number of aliphatic imine (C=N–C) groups is 2. The van der Waals surface area contributed by atoms with E-state index < -0.39 is 59.2 Å². The highest BCUT2D eigenvalue weighted by Gasteiger charge is 2.46. The van der Waals surface area contributed by atoms with Gasteiger partial charge in [0.2, 0.25) is 6.29 Å². The van der Waals surface area contributed by atoms with Gasteiger partial charge < -0.3 is 94.8 Å². The van der Waals surface area contributed by atoms with Gasteiger partial charge >= 0.3 is 10.4 Å². The Morgan fingerprint density at radius 2 is 1.19 bits per heavy atom. The molecule has 32 nitrogen and oxygen atoms in total. The standard InChI is InChI=1S/C72H83N12O20S/c1-80-41-76-55-34-82-48(26-57(55)80)32-74-53-30-63(61(94-5)28-51(53)70(82)90)99-39-45-22-44(23-46(24-45)40-100-64-31-54-52(29-62(64)95-6)71(91)83-35-56-58(81(2)42-77-56)27-49(83)33-75-54)37-84(3,4)36-43-9-12-50(13-10-43)103-105(92,93)104-65-25-47(11-14-60(65)101-72-69(89)68(88)67(87)66(38-85)102-72)59(86)8-7-16-96-18-20-98-21-19-97-17-15-78-79-73/h9-14,22-25,28-33,41-42,48-49,66-69,72,85,87-89H,7-8,15-21,26-27,34-40H2,1-6H3/q+1/t48-,49-,66+,67-,68-,69+,72?/m0/s1. The van der Waals surface area contributed by atoms with E-state index in [0.29, 0.717) is 102 Å². The smallest absolute Gasteiger partial charge is 0.493 e. The number of aromatic nitrogens is 4. The number of carbonyl (C=O) groups excluding carboxylic acids is 3. The van der Waals surface area contributed by atoms with Gasteiger partial charge in [0.1, 0.15) is 56.5 Å². The van der Waals surface area contributed by atoms with Crippen molar-refractivity contribution in [3.63, 3.8) is 0 Å². The fourth-order valence-corrected chi connectivity index (χ4v) is 13.9. The predicted octanol–water partition coefficient (Wildman–Crippen LogP) is 5.88. The number of nitrogens with zero attached hydrogens (tertiary/aromatic N) is 12. The molecule has 33 heteroatoms. The summed E-state index contributed by atoms with van der Waals surface area (Å²) in [4.78, 5) is 67.0. The third-order valence-corrected chi connectivity index (χ3v) is 19.3. The van der Waals surface area contributed by atoms with Gasteiger partial charge in [0, 0.05) is 104 Å². The van der Waals surface area contributed by atoms with Crippen LogP contribution in [0.15, 0.2) is 113 Å². The summed E-state index contributed by atoms with van der Waals surface area (Å²) in [5, 5.41) is 45.0. The number of aliphatic hydroxyl groups is 4. The van der Waals surface area contributed by atoms with Crippen LogP contribution in [0.25, 0.3) is 10.4 Å². The molecule has 0 aliphatic carbocycles. The van der Waals surface area contributed by atoms with E-state index in [1.807, 2.05) is 55.5 Å². The van der Waals surface area contributed by atoms with Gasteiger partial charge in [0.25, 0.3) is 11.8 Å². The van der Waals surface area contributed by atoms with E-state index in [9.17, 15) is 43.2 Å². The SMILES string of the molecule is COc1cc2c(cc1OCc1cc(COc3cc4c(cc3OC)C(=O)N3Cc5ncn(C)c5C[C@H]3C=N4)cc(C[N+](C)(C)Cc3ccc(OS(=O)(=O)Oc4cc(C(=O)CCCOCCOCCOCCN=[N+]=[N-])ccc4OC4O[C@H](CO)[C@H](O)[C@H](O)[C@H]4O)cc3)c1)N=C[C@@H]1Cc3c(ncn3C)CN1C2=O. The molecular formula is C72H83N12O20S+. The fourth-order valence-electron chi connectivity index (χ4n) is 13.2. The number of imidazole rings is 2. The molecule has 5 aliphatic rings. The highest BCUT2D eigenvalue weighted by atomic mass is 32.3. The molecule has 12 rings (SSSR count). The van der Waals surface area contributed by atoms with Crippen molar-refractivity contribution < 1.29 is 98.7 Å². The summed E-state index contributed by atoms with van der Waals surface area (Å²) in [6.45, 7) is 2.65. The van der Waals surface area contributed by atoms with Gasteiger partial charge in [-0.05, 0) is 95.9 Å². The molecule has 556 valence electrons. The summed E-state index contributed by atoms with van der Waals surface area (Å²) in [7, 11) is 5.91. The number of ketones is 1. The van der Waals surface area contributed by atoms with E-state index >= 15 is 0 Å². The average molecular weight is 1470 g/mol. The van der Waals surface area contributed by atoms with Crippen LogP contribution in [-0.2, 0) is 95.7 Å². The molecule has 1 fully saturated rings. The summed E-state index contributed by atoms with van der Waals surface area (Å²) < 4.78 is 95.6. The minimum atomic E-state index is -5.04. The molecule has 5 aromatic carbocycles. The molecule has 0 saturated carbocycles. The number of carbonyl (C=O) groups is 3. The lowest BCUT2D eigenvalue weighted by Gasteiger charge is -2.39. The second-order valence-corrected chi connectivity index (χ2v) is 27.7. The van der Waals surface area contributed by atoms with Gasteiger partial charge in [-0.25, -0.2) is 9.97 Å². The van der Waals surface area contributed by atoms with Crippen LogP contribution in [0.5, 0.6) is 40.2 Å². The summed E-state index contributed by atoms with van der Waals surface area (Å²) in [6, 6.07) is 22.1. The fraction of sp³-hybridized carbons (Fsp3) is 0.431. The number of hydrogen-bond donors (Lipinski definition) is 4. The van der Waals surface area contributed by atoms with Crippen molar-refractivity contribution in [3.05, 3.63) is 170 Å². The zero-order valence-electron chi connectivity index (χ0n) is 58.8. The number of Topliss-reactive ketones (excluding diaryl/α,β-unsaturated/α-hetero) is 1. The summed E-state index contributed by atoms with van der Waals surface area (Å²) >= 11 is 0. The van der Waals surface area contributed by atoms with Gasteiger partial charge in [0.15, 0.2) is 40.3 Å². The number of methoxy groups -OCH3 is 2. The van der Waals surface area contributed by atoms with Gasteiger partial charge in [-0.1, -0.05) is 5.11 Å². The molecule has 0 radical (unpaired) electrons. The van der Waals surface area contributed by atoms with E-state index in [-0.39, 0.29) is 100.0 Å². The number of ether oxygens (including phenoxy) is 9. The van der Waals surface area contributed by atoms with Crippen LogP contribution < -0.4 is 32.1 Å². The summed E-state index contributed by atoms with van der Waals surface area (Å²) in [5.74, 6) is -0.511. The molecule has 2 aromatic heterocycles. The van der Waals surface area contributed by atoms with Gasteiger partial charge in [0.05, 0.1) is 140 Å². The van der Waals surface area contributed by atoms with E-state index in [0.717, 1.165) is 51.1 Å². The Morgan fingerprint density at radius 1 is 0.648 bits per heavy atom. The molecule has 105 heavy (non-hydrogen) atoms. The van der Waals surface area contributed by atoms with E-state index in [1.165, 1.54) is 38.5 Å². The van der Waals surface area contributed by atoms with E-state index in [4.69, 9.17) is 66.5 Å². The molecule has 4 N–H and O–H groups in total. The zero-order chi connectivity index (χ0) is 74.1. The second kappa shape index (κ2) is 33.0. The van der Waals surface area contributed by atoms with Crippen LogP contribution in [0.3, 0.4) is 0 Å². The Bertz CT molecular complexity index is 4390. The first kappa shape index (κ1) is 74.7. The zero-order valence-corrected chi connectivity index (χ0v) is 59.6. The lowest BCUT2D eigenvalue weighted by Crippen LogP contribution is -2.60. The van der Waals surface area contributed by atoms with Crippen molar-refractivity contribution in [1.29, 1.82) is 0 Å². The van der Waals surface area contributed by atoms with Crippen molar-refractivity contribution in [2.45, 2.75) is 108 Å². The normalized spacial score (nSPS) is 19.5. The molecule has 0 spiro atoms. The number of fused-ring (bicyclic) bond motifs is 6. The Labute approximate surface area is 605 Å². The highest BCUT2D eigenvalue weighted by molar-refractivity contribution is 7.82. The van der Waals surface area contributed by atoms with Crippen molar-refractivity contribution in [1.82, 2.24) is 28.9 Å².